The van der Waals surface area contributed by atoms with Crippen LogP contribution in [0.25, 0.3) is 10.8 Å². The van der Waals surface area contributed by atoms with Crippen LogP contribution in [0.15, 0.2) is 66.7 Å². The van der Waals surface area contributed by atoms with Crippen molar-refractivity contribution in [2.45, 2.75) is 45.8 Å². The van der Waals surface area contributed by atoms with Gasteiger partial charge in [-0.15, -0.1) is 0 Å². The van der Waals surface area contributed by atoms with Gasteiger partial charge in [-0.25, -0.2) is 4.79 Å². The van der Waals surface area contributed by atoms with Crippen LogP contribution in [0.2, 0.25) is 0 Å². The van der Waals surface area contributed by atoms with E-state index in [9.17, 15) is 14.7 Å². The highest BCUT2D eigenvalue weighted by atomic mass is 16.5. The number of ether oxygens (including phenoxy) is 1. The number of carbonyl (C=O) groups is 2. The standard InChI is InChI=1S/C26H29NO4/c1-17(2)23(26(29)30)27-25(28)22-16-15-20-11-7-8-12-21(20)24(22)31-18(3)13-14-19-9-5-4-6-10-19/h4-12,15-18,23H,13-14H2,1-3H3,(H,27,28)(H,29,30)/t18-,23?/m1/s1. The number of carbonyl (C=O) groups excluding carboxylic acids is 1. The summed E-state index contributed by atoms with van der Waals surface area (Å²) in [6, 6.07) is 20.5. The van der Waals surface area contributed by atoms with Gasteiger partial charge in [0, 0.05) is 5.39 Å². The summed E-state index contributed by atoms with van der Waals surface area (Å²) in [5.74, 6) is -1.25. The summed E-state index contributed by atoms with van der Waals surface area (Å²) in [6.07, 6.45) is 1.53. The van der Waals surface area contributed by atoms with Crippen molar-refractivity contribution in [3.05, 3.63) is 77.9 Å². The Kier molecular flexibility index (Phi) is 7.29. The number of nitrogens with one attached hydrogen (secondary N) is 1. The largest absolute Gasteiger partial charge is 0.489 e. The van der Waals surface area contributed by atoms with Crippen LogP contribution in [0.4, 0.5) is 0 Å². The van der Waals surface area contributed by atoms with Crippen LogP contribution in [-0.4, -0.2) is 29.1 Å². The Balaban J connectivity index is 1.87. The molecule has 2 atom stereocenters. The van der Waals surface area contributed by atoms with Crippen molar-refractivity contribution < 1.29 is 19.4 Å². The molecule has 31 heavy (non-hydrogen) atoms. The molecule has 3 aromatic rings. The second-order valence-electron chi connectivity index (χ2n) is 8.15. The summed E-state index contributed by atoms with van der Waals surface area (Å²) in [4.78, 5) is 24.6. The van der Waals surface area contributed by atoms with Gasteiger partial charge in [-0.3, -0.25) is 4.79 Å². The van der Waals surface area contributed by atoms with E-state index in [4.69, 9.17) is 4.74 Å². The number of amides is 1. The number of benzene rings is 3. The van der Waals surface area contributed by atoms with E-state index in [0.717, 1.165) is 23.6 Å². The lowest BCUT2D eigenvalue weighted by Gasteiger charge is -2.22. The Morgan fingerprint density at radius 2 is 1.61 bits per heavy atom. The van der Waals surface area contributed by atoms with Gasteiger partial charge in [0.25, 0.3) is 5.91 Å². The molecule has 5 heteroatoms. The molecule has 0 aliphatic heterocycles. The first-order valence-corrected chi connectivity index (χ1v) is 10.6. The number of hydrogen-bond acceptors (Lipinski definition) is 3. The fourth-order valence-electron chi connectivity index (χ4n) is 3.56. The molecule has 0 saturated heterocycles. The van der Waals surface area contributed by atoms with Crippen molar-refractivity contribution >= 4 is 22.6 Å². The van der Waals surface area contributed by atoms with Crippen LogP contribution in [0, 0.1) is 5.92 Å². The lowest BCUT2D eigenvalue weighted by atomic mass is 10.0. The zero-order valence-electron chi connectivity index (χ0n) is 18.2. The van der Waals surface area contributed by atoms with E-state index in [0.29, 0.717) is 11.3 Å². The topological polar surface area (TPSA) is 75.6 Å². The minimum Gasteiger partial charge on any atom is -0.489 e. The van der Waals surface area contributed by atoms with Crippen LogP contribution in [0.3, 0.4) is 0 Å². The Labute approximate surface area is 183 Å². The summed E-state index contributed by atoms with van der Waals surface area (Å²) < 4.78 is 6.30. The molecular formula is C26H29NO4. The Hall–Kier alpha value is -3.34. The van der Waals surface area contributed by atoms with Gasteiger partial charge in [-0.05, 0) is 42.7 Å². The highest BCUT2D eigenvalue weighted by Gasteiger charge is 2.26. The van der Waals surface area contributed by atoms with Crippen molar-refractivity contribution in [2.24, 2.45) is 5.92 Å². The molecule has 0 bridgehead atoms. The quantitative estimate of drug-likeness (QED) is 0.507. The molecule has 1 amide bonds. The fourth-order valence-corrected chi connectivity index (χ4v) is 3.56. The number of aliphatic carboxylic acids is 1. The van der Waals surface area contributed by atoms with E-state index in [-0.39, 0.29) is 12.0 Å². The van der Waals surface area contributed by atoms with Gasteiger partial charge in [-0.1, -0.05) is 74.5 Å². The molecule has 3 aromatic carbocycles. The predicted molar refractivity (Wildman–Crippen MR) is 123 cm³/mol. The van der Waals surface area contributed by atoms with Crippen molar-refractivity contribution in [1.29, 1.82) is 0 Å². The molecular weight excluding hydrogens is 390 g/mol. The second-order valence-corrected chi connectivity index (χ2v) is 8.15. The van der Waals surface area contributed by atoms with E-state index in [1.54, 1.807) is 19.9 Å². The third-order valence-electron chi connectivity index (χ3n) is 5.34. The van der Waals surface area contributed by atoms with Gasteiger partial charge in [0.1, 0.15) is 11.8 Å². The molecule has 0 aliphatic rings. The molecule has 0 spiro atoms. The zero-order chi connectivity index (χ0) is 22.4. The first-order valence-electron chi connectivity index (χ1n) is 10.6. The van der Waals surface area contributed by atoms with Crippen molar-refractivity contribution in [3.8, 4) is 5.75 Å². The average Bonchev–Trinajstić information content (AvgIpc) is 2.76. The van der Waals surface area contributed by atoms with Crippen molar-refractivity contribution in [3.63, 3.8) is 0 Å². The normalized spacial score (nSPS) is 13.0. The maximum atomic E-state index is 13.0. The number of fused-ring (bicyclic) bond motifs is 1. The smallest absolute Gasteiger partial charge is 0.326 e. The van der Waals surface area contributed by atoms with Gasteiger partial charge in [0.2, 0.25) is 0 Å². The third kappa shape index (κ3) is 5.63. The molecule has 0 fully saturated rings. The minimum absolute atomic E-state index is 0.127. The van der Waals surface area contributed by atoms with Crippen LogP contribution in [-0.2, 0) is 11.2 Å². The van der Waals surface area contributed by atoms with Gasteiger partial charge >= 0.3 is 5.97 Å². The number of carboxylic acids is 1. The van der Waals surface area contributed by atoms with Gasteiger partial charge in [0.15, 0.2) is 0 Å². The summed E-state index contributed by atoms with van der Waals surface area (Å²) in [6.45, 7) is 5.52. The van der Waals surface area contributed by atoms with Crippen LogP contribution in [0.5, 0.6) is 5.75 Å². The molecule has 162 valence electrons. The van der Waals surface area contributed by atoms with E-state index < -0.39 is 17.9 Å². The molecule has 2 N–H and O–H groups in total. The maximum Gasteiger partial charge on any atom is 0.326 e. The van der Waals surface area contributed by atoms with Gasteiger partial charge < -0.3 is 15.2 Å². The van der Waals surface area contributed by atoms with Gasteiger partial charge in [-0.2, -0.15) is 0 Å². The number of carboxylic acid groups (broad SMARTS) is 1. The first-order chi connectivity index (χ1) is 14.9. The van der Waals surface area contributed by atoms with E-state index >= 15 is 0 Å². The average molecular weight is 420 g/mol. The lowest BCUT2D eigenvalue weighted by molar-refractivity contribution is -0.140. The van der Waals surface area contributed by atoms with Gasteiger partial charge in [0.05, 0.1) is 11.7 Å². The fraction of sp³-hybridized carbons (Fsp3) is 0.308. The SMILES string of the molecule is CC(C)C(NC(=O)c1ccc2ccccc2c1O[C@H](C)CCc1ccccc1)C(=O)O. The van der Waals surface area contributed by atoms with Crippen LogP contribution in [0.1, 0.15) is 43.1 Å². The van der Waals surface area contributed by atoms with Crippen molar-refractivity contribution in [2.75, 3.05) is 0 Å². The summed E-state index contributed by atoms with van der Waals surface area (Å²) >= 11 is 0. The highest BCUT2D eigenvalue weighted by molar-refractivity contribution is 6.04. The highest BCUT2D eigenvalue weighted by Crippen LogP contribution is 2.31. The van der Waals surface area contributed by atoms with Crippen LogP contribution < -0.4 is 10.1 Å². The molecule has 0 radical (unpaired) electrons. The molecule has 0 saturated carbocycles. The molecule has 3 rings (SSSR count). The Morgan fingerprint density at radius 3 is 2.29 bits per heavy atom. The van der Waals surface area contributed by atoms with Crippen molar-refractivity contribution in [1.82, 2.24) is 5.32 Å². The number of aryl methyl sites for hydroxylation is 1. The van der Waals surface area contributed by atoms with E-state index in [1.807, 2.05) is 55.5 Å². The molecule has 0 aromatic heterocycles. The summed E-state index contributed by atoms with van der Waals surface area (Å²) in [7, 11) is 0. The number of hydrogen-bond donors (Lipinski definition) is 2. The number of rotatable bonds is 9. The Bertz CT molecular complexity index is 1050. The second kappa shape index (κ2) is 10.1. The molecule has 5 nitrogen and oxygen atoms in total. The predicted octanol–water partition coefficient (Wildman–Crippen LogP) is 5.08. The van der Waals surface area contributed by atoms with E-state index in [2.05, 4.69) is 17.4 Å². The summed E-state index contributed by atoms with van der Waals surface area (Å²) in [5.41, 5.74) is 1.58. The minimum atomic E-state index is -1.05. The van der Waals surface area contributed by atoms with Crippen LogP contribution >= 0.6 is 0 Å². The molecule has 1 unspecified atom stereocenters. The molecule has 0 aliphatic carbocycles. The molecule has 0 heterocycles. The Morgan fingerprint density at radius 1 is 0.935 bits per heavy atom. The monoisotopic (exact) mass is 419 g/mol. The maximum absolute atomic E-state index is 13.0. The lowest BCUT2D eigenvalue weighted by Crippen LogP contribution is -2.44. The zero-order valence-corrected chi connectivity index (χ0v) is 18.2. The van der Waals surface area contributed by atoms with E-state index in [1.165, 1.54) is 5.56 Å². The summed E-state index contributed by atoms with van der Waals surface area (Å²) in [5, 5.41) is 13.9. The first kappa shape index (κ1) is 22.3. The third-order valence-corrected chi connectivity index (χ3v) is 5.34.